The van der Waals surface area contributed by atoms with Gasteiger partial charge in [-0.1, -0.05) is 13.8 Å². The van der Waals surface area contributed by atoms with E-state index in [-0.39, 0.29) is 0 Å². The van der Waals surface area contributed by atoms with Crippen molar-refractivity contribution in [2.75, 3.05) is 0 Å². The zero-order chi connectivity index (χ0) is 11.0. The topological polar surface area (TPSA) is 20.7 Å². The van der Waals surface area contributed by atoms with E-state index in [1.54, 1.807) is 0 Å². The van der Waals surface area contributed by atoms with Crippen LogP contribution in [-0.4, -0.2) is 9.55 Å². The van der Waals surface area contributed by atoms with Crippen molar-refractivity contribution in [3.05, 3.63) is 16.7 Å². The van der Waals surface area contributed by atoms with Crippen LogP contribution in [0.25, 0.3) is 0 Å². The van der Waals surface area contributed by atoms with Gasteiger partial charge in [-0.15, -0.1) is 0 Å². The van der Waals surface area contributed by atoms with Gasteiger partial charge in [0.2, 0.25) is 0 Å². The Bertz CT molecular complexity index is 381. The van der Waals surface area contributed by atoms with Crippen molar-refractivity contribution in [1.82, 2.24) is 9.55 Å². The average molecular weight is 224 g/mol. The van der Waals surface area contributed by atoms with E-state index in [2.05, 4.69) is 36.5 Å². The highest BCUT2D eigenvalue weighted by Gasteiger charge is 2.25. The van der Waals surface area contributed by atoms with Gasteiger partial charge >= 0.3 is 0 Å². The maximum absolute atomic E-state index is 5.34. The summed E-state index contributed by atoms with van der Waals surface area (Å²) in [5.41, 5.74) is 1.17. The fourth-order valence-corrected chi connectivity index (χ4v) is 3.30. The maximum Gasteiger partial charge on any atom is 0.177 e. The number of rotatable bonds is 1. The molecule has 84 valence electrons. The summed E-state index contributed by atoms with van der Waals surface area (Å²) in [6.07, 6.45) is 6.08. The number of hydrogen-bond donors (Lipinski definition) is 1. The molecule has 3 heteroatoms. The Labute approximate surface area is 96.7 Å². The van der Waals surface area contributed by atoms with Crippen LogP contribution in [0.2, 0.25) is 0 Å². The molecule has 1 aliphatic rings. The van der Waals surface area contributed by atoms with Gasteiger partial charge in [-0.3, -0.25) is 0 Å². The quantitative estimate of drug-likeness (QED) is 0.719. The summed E-state index contributed by atoms with van der Waals surface area (Å²) in [5.74, 6) is 1.66. The highest BCUT2D eigenvalue weighted by molar-refractivity contribution is 7.71. The number of nitrogens with zero attached hydrogens (tertiary/aromatic N) is 1. The van der Waals surface area contributed by atoms with Crippen molar-refractivity contribution >= 4 is 12.2 Å². The Morgan fingerprint density at radius 3 is 2.33 bits per heavy atom. The van der Waals surface area contributed by atoms with Gasteiger partial charge in [0.15, 0.2) is 4.77 Å². The number of nitrogens with one attached hydrogen (secondary N) is 1. The lowest BCUT2D eigenvalue weighted by Gasteiger charge is -2.32. The second-order valence-electron chi connectivity index (χ2n) is 5.22. The van der Waals surface area contributed by atoms with Crippen LogP contribution >= 0.6 is 12.2 Å². The number of aromatic amines is 1. The van der Waals surface area contributed by atoms with Crippen LogP contribution in [0.3, 0.4) is 0 Å². The Morgan fingerprint density at radius 2 is 1.87 bits per heavy atom. The summed E-state index contributed by atoms with van der Waals surface area (Å²) in [5, 5.41) is 0. The minimum Gasteiger partial charge on any atom is -0.335 e. The van der Waals surface area contributed by atoms with E-state index < -0.39 is 0 Å². The normalized spacial score (nSPS) is 31.8. The SMILES string of the molecule is Cc1cn(C2CC(C)CC(C)C2)c(=S)[nH]1. The molecule has 1 aromatic rings. The first-order chi connectivity index (χ1) is 7.06. The first-order valence-electron chi connectivity index (χ1n) is 5.84. The van der Waals surface area contributed by atoms with Crippen LogP contribution in [-0.2, 0) is 0 Å². The summed E-state index contributed by atoms with van der Waals surface area (Å²) >= 11 is 5.34. The summed E-state index contributed by atoms with van der Waals surface area (Å²) in [4.78, 5) is 3.21. The van der Waals surface area contributed by atoms with E-state index in [0.717, 1.165) is 16.6 Å². The van der Waals surface area contributed by atoms with Gasteiger partial charge in [0.25, 0.3) is 0 Å². The first-order valence-corrected chi connectivity index (χ1v) is 6.25. The Kier molecular flexibility index (Phi) is 3.01. The Balaban J connectivity index is 2.23. The molecular weight excluding hydrogens is 204 g/mol. The van der Waals surface area contributed by atoms with Gasteiger partial charge in [0, 0.05) is 17.9 Å². The predicted octanol–water partition coefficient (Wildman–Crippen LogP) is 3.85. The standard InChI is InChI=1S/C12H20N2S/c1-8-4-9(2)6-11(5-8)14-7-10(3)13-12(14)15/h7-9,11H,4-6H2,1-3H3,(H,13,15). The predicted molar refractivity (Wildman–Crippen MR) is 65.6 cm³/mol. The van der Waals surface area contributed by atoms with Crippen molar-refractivity contribution in [2.45, 2.75) is 46.1 Å². The van der Waals surface area contributed by atoms with Crippen LogP contribution in [0.1, 0.15) is 44.8 Å². The van der Waals surface area contributed by atoms with Crippen molar-refractivity contribution < 1.29 is 0 Å². The zero-order valence-corrected chi connectivity index (χ0v) is 10.6. The van der Waals surface area contributed by atoms with Crippen molar-refractivity contribution in [3.8, 4) is 0 Å². The molecule has 0 radical (unpaired) electrons. The van der Waals surface area contributed by atoms with Crippen LogP contribution in [0.5, 0.6) is 0 Å². The molecule has 2 unspecified atom stereocenters. The zero-order valence-electron chi connectivity index (χ0n) is 9.79. The highest BCUT2D eigenvalue weighted by Crippen LogP contribution is 2.36. The molecule has 0 amide bonds. The highest BCUT2D eigenvalue weighted by atomic mass is 32.1. The van der Waals surface area contributed by atoms with Crippen molar-refractivity contribution in [1.29, 1.82) is 0 Å². The molecule has 0 aliphatic heterocycles. The first kappa shape index (κ1) is 10.9. The molecule has 1 N–H and O–H groups in total. The minimum absolute atomic E-state index is 0.612. The van der Waals surface area contributed by atoms with Gasteiger partial charge in [-0.25, -0.2) is 0 Å². The summed E-state index contributed by atoms with van der Waals surface area (Å²) in [7, 11) is 0. The van der Waals surface area contributed by atoms with Crippen LogP contribution in [0, 0.1) is 23.5 Å². The number of H-pyrrole nitrogens is 1. The van der Waals surface area contributed by atoms with Crippen LogP contribution in [0.15, 0.2) is 6.20 Å². The van der Waals surface area contributed by atoms with Gasteiger partial charge < -0.3 is 9.55 Å². The van der Waals surface area contributed by atoms with Gasteiger partial charge in [-0.2, -0.15) is 0 Å². The molecule has 2 nitrogen and oxygen atoms in total. The second kappa shape index (κ2) is 4.12. The molecule has 1 aromatic heterocycles. The lowest BCUT2D eigenvalue weighted by atomic mass is 9.80. The molecule has 0 spiro atoms. The van der Waals surface area contributed by atoms with E-state index in [9.17, 15) is 0 Å². The fraction of sp³-hybridized carbons (Fsp3) is 0.750. The molecular formula is C12H20N2S. The molecule has 0 aromatic carbocycles. The molecule has 1 heterocycles. The fourth-order valence-electron chi connectivity index (χ4n) is 2.94. The third kappa shape index (κ3) is 2.33. The van der Waals surface area contributed by atoms with Gasteiger partial charge in [0.1, 0.15) is 0 Å². The van der Waals surface area contributed by atoms with Crippen molar-refractivity contribution in [3.63, 3.8) is 0 Å². The van der Waals surface area contributed by atoms with Gasteiger partial charge in [0.05, 0.1) is 0 Å². The molecule has 1 fully saturated rings. The van der Waals surface area contributed by atoms with E-state index in [1.165, 1.54) is 25.0 Å². The second-order valence-corrected chi connectivity index (χ2v) is 5.61. The Hall–Kier alpha value is -0.570. The smallest absolute Gasteiger partial charge is 0.177 e. The molecule has 0 bridgehead atoms. The van der Waals surface area contributed by atoms with Gasteiger partial charge in [-0.05, 0) is 50.2 Å². The number of hydrogen-bond acceptors (Lipinski definition) is 1. The molecule has 0 saturated heterocycles. The third-order valence-electron chi connectivity index (χ3n) is 3.42. The lowest BCUT2D eigenvalue weighted by Crippen LogP contribution is -2.22. The average Bonchev–Trinajstić information content (AvgIpc) is 2.43. The van der Waals surface area contributed by atoms with E-state index >= 15 is 0 Å². The lowest BCUT2D eigenvalue weighted by molar-refractivity contribution is 0.220. The van der Waals surface area contributed by atoms with Crippen LogP contribution < -0.4 is 0 Å². The summed E-state index contributed by atoms with van der Waals surface area (Å²) in [6.45, 7) is 6.78. The molecule has 15 heavy (non-hydrogen) atoms. The summed E-state index contributed by atoms with van der Waals surface area (Å²) < 4.78 is 3.15. The largest absolute Gasteiger partial charge is 0.335 e. The molecule has 1 aliphatic carbocycles. The molecule has 1 saturated carbocycles. The van der Waals surface area contributed by atoms with E-state index in [0.29, 0.717) is 6.04 Å². The molecule has 2 rings (SSSR count). The minimum atomic E-state index is 0.612. The maximum atomic E-state index is 5.34. The number of imidazole rings is 1. The van der Waals surface area contributed by atoms with E-state index in [4.69, 9.17) is 12.2 Å². The molecule has 2 atom stereocenters. The number of aromatic nitrogens is 2. The van der Waals surface area contributed by atoms with Crippen molar-refractivity contribution in [2.24, 2.45) is 11.8 Å². The third-order valence-corrected chi connectivity index (χ3v) is 3.73. The van der Waals surface area contributed by atoms with E-state index in [1.807, 2.05) is 0 Å². The summed E-state index contributed by atoms with van der Waals surface area (Å²) in [6, 6.07) is 0.612. The number of aryl methyl sites for hydroxylation is 1. The Morgan fingerprint density at radius 1 is 1.27 bits per heavy atom. The van der Waals surface area contributed by atoms with Crippen LogP contribution in [0.4, 0.5) is 0 Å². The monoisotopic (exact) mass is 224 g/mol.